The van der Waals surface area contributed by atoms with Crippen LogP contribution in [0.25, 0.3) is 0 Å². The summed E-state index contributed by atoms with van der Waals surface area (Å²) in [5.74, 6) is -0.401. The molecular formula is C26H34O6. The summed E-state index contributed by atoms with van der Waals surface area (Å²) in [4.78, 5) is 49.1. The minimum Gasteiger partial charge on any atom is -0.454 e. The number of allylic oxidation sites excluding steroid dienone is 3. The Bertz CT molecular complexity index is 959. The van der Waals surface area contributed by atoms with Gasteiger partial charge in [0, 0.05) is 31.1 Å². The first-order valence-corrected chi connectivity index (χ1v) is 11.7. The number of carbonyl (C=O) groups is 4. The fraction of sp³-hybridized carbons (Fsp3) is 0.692. The van der Waals surface area contributed by atoms with Crippen LogP contribution in [0.3, 0.4) is 0 Å². The molecule has 0 aliphatic heterocycles. The topological polar surface area (TPSA) is 86.7 Å². The lowest BCUT2D eigenvalue weighted by Crippen LogP contribution is -2.58. The number of rotatable bonds is 3. The molecular weight excluding hydrogens is 408 g/mol. The fourth-order valence-electron chi connectivity index (χ4n) is 7.82. The summed E-state index contributed by atoms with van der Waals surface area (Å²) in [7, 11) is 0. The quantitative estimate of drug-likeness (QED) is 0.611. The average Bonchev–Trinajstić information content (AvgIpc) is 2.97. The van der Waals surface area contributed by atoms with Gasteiger partial charge in [-0.25, -0.2) is 0 Å². The SMILES string of the molecule is CC(=O)O[C@H]1C[C@@]2(C)C(=CC1=O)C(C)=C[C@@H]1[C@@H]2CC[C@@]2(C)[C@H]1CC[C@@]2(OC(C)=O)C(C)=O. The summed E-state index contributed by atoms with van der Waals surface area (Å²) < 4.78 is 11.2. The van der Waals surface area contributed by atoms with Gasteiger partial charge in [0.15, 0.2) is 23.3 Å². The number of Topliss-reactive ketones (excluding diaryl/α,β-unsaturated/α-hetero) is 1. The Morgan fingerprint density at radius 2 is 1.66 bits per heavy atom. The number of fused-ring (bicyclic) bond motifs is 5. The van der Waals surface area contributed by atoms with Gasteiger partial charge in [-0.15, -0.1) is 0 Å². The molecule has 4 aliphatic carbocycles. The molecule has 4 rings (SSSR count). The van der Waals surface area contributed by atoms with Gasteiger partial charge in [-0.05, 0) is 68.9 Å². The fourth-order valence-corrected chi connectivity index (χ4v) is 7.82. The number of hydrogen-bond acceptors (Lipinski definition) is 6. The molecule has 0 radical (unpaired) electrons. The van der Waals surface area contributed by atoms with E-state index in [0.717, 1.165) is 30.4 Å². The highest BCUT2D eigenvalue weighted by molar-refractivity contribution is 5.97. The molecule has 0 spiro atoms. The third-order valence-electron chi connectivity index (χ3n) is 9.16. The molecule has 0 amide bonds. The first-order chi connectivity index (χ1) is 14.9. The lowest BCUT2D eigenvalue weighted by Gasteiger charge is -2.58. The van der Waals surface area contributed by atoms with E-state index in [9.17, 15) is 19.2 Å². The number of ketones is 2. The third kappa shape index (κ3) is 3.05. The number of ether oxygens (including phenoxy) is 2. The van der Waals surface area contributed by atoms with Gasteiger partial charge in [-0.2, -0.15) is 0 Å². The van der Waals surface area contributed by atoms with Gasteiger partial charge in [-0.3, -0.25) is 19.2 Å². The van der Waals surface area contributed by atoms with E-state index in [1.54, 1.807) is 13.0 Å². The molecule has 0 saturated heterocycles. The molecule has 0 unspecified atom stereocenters. The second-order valence-electron chi connectivity index (χ2n) is 10.8. The smallest absolute Gasteiger partial charge is 0.303 e. The molecule has 2 saturated carbocycles. The van der Waals surface area contributed by atoms with E-state index in [1.165, 1.54) is 13.8 Å². The van der Waals surface area contributed by atoms with Crippen LogP contribution >= 0.6 is 0 Å². The summed E-state index contributed by atoms with van der Waals surface area (Å²) in [6.45, 7) is 10.6. The molecule has 32 heavy (non-hydrogen) atoms. The van der Waals surface area contributed by atoms with E-state index in [2.05, 4.69) is 19.9 Å². The Balaban J connectivity index is 1.76. The lowest BCUT2D eigenvalue weighted by molar-refractivity contribution is -0.185. The Kier molecular flexibility index (Phi) is 5.30. The standard InChI is InChI=1S/C26H34O6/c1-14-11-18-19(24(5)13-23(31-16(3)28)22(30)12-21(14)24)7-9-25(6)20(18)8-10-26(25,15(2)27)32-17(4)29/h11-12,18-20,23H,7-10,13H2,1-6H3/t18-,19+,20+,23+,24-,25+,26-/m1/s1. The zero-order valence-corrected chi connectivity index (χ0v) is 19.9. The van der Waals surface area contributed by atoms with Gasteiger partial charge < -0.3 is 9.47 Å². The Morgan fingerprint density at radius 1 is 1.00 bits per heavy atom. The Morgan fingerprint density at radius 3 is 2.25 bits per heavy atom. The van der Waals surface area contributed by atoms with Crippen LogP contribution in [0, 0.1) is 28.6 Å². The van der Waals surface area contributed by atoms with E-state index in [0.29, 0.717) is 12.8 Å². The molecule has 0 aromatic rings. The van der Waals surface area contributed by atoms with Gasteiger partial charge in [0.2, 0.25) is 0 Å². The van der Waals surface area contributed by atoms with Crippen LogP contribution in [0.4, 0.5) is 0 Å². The van der Waals surface area contributed by atoms with Crippen molar-refractivity contribution in [3.05, 3.63) is 23.3 Å². The molecule has 0 N–H and O–H groups in total. The van der Waals surface area contributed by atoms with Crippen LogP contribution in [-0.4, -0.2) is 35.2 Å². The van der Waals surface area contributed by atoms with Crippen LogP contribution in [-0.2, 0) is 28.7 Å². The van der Waals surface area contributed by atoms with Crippen LogP contribution in [0.15, 0.2) is 23.3 Å². The van der Waals surface area contributed by atoms with Gasteiger partial charge in [0.05, 0.1) is 0 Å². The van der Waals surface area contributed by atoms with Crippen molar-refractivity contribution in [3.63, 3.8) is 0 Å². The maximum absolute atomic E-state index is 12.9. The maximum atomic E-state index is 12.9. The molecule has 4 aliphatic rings. The van der Waals surface area contributed by atoms with Crippen LogP contribution in [0.1, 0.15) is 73.6 Å². The monoisotopic (exact) mass is 442 g/mol. The number of hydrogen-bond donors (Lipinski definition) is 0. The molecule has 7 atom stereocenters. The average molecular weight is 443 g/mol. The van der Waals surface area contributed by atoms with Crippen molar-refractivity contribution in [2.24, 2.45) is 28.6 Å². The summed E-state index contributed by atoms with van der Waals surface area (Å²) >= 11 is 0. The number of carbonyl (C=O) groups excluding carboxylic acids is 4. The highest BCUT2D eigenvalue weighted by atomic mass is 16.6. The molecule has 0 heterocycles. The van der Waals surface area contributed by atoms with Crippen molar-refractivity contribution >= 4 is 23.5 Å². The molecule has 2 fully saturated rings. The minimum atomic E-state index is -1.07. The van der Waals surface area contributed by atoms with Crippen molar-refractivity contribution in [3.8, 4) is 0 Å². The van der Waals surface area contributed by atoms with Crippen LogP contribution in [0.2, 0.25) is 0 Å². The first kappa shape index (κ1) is 22.9. The molecule has 6 nitrogen and oxygen atoms in total. The van der Waals surface area contributed by atoms with Crippen molar-refractivity contribution in [2.75, 3.05) is 0 Å². The minimum absolute atomic E-state index is 0.0716. The highest BCUT2D eigenvalue weighted by Gasteiger charge is 2.67. The summed E-state index contributed by atoms with van der Waals surface area (Å²) in [5, 5.41) is 0. The predicted molar refractivity (Wildman–Crippen MR) is 117 cm³/mol. The number of esters is 2. The summed E-state index contributed by atoms with van der Waals surface area (Å²) in [6.07, 6.45) is 6.68. The van der Waals surface area contributed by atoms with E-state index < -0.39 is 29.1 Å². The molecule has 6 heteroatoms. The van der Waals surface area contributed by atoms with Crippen LogP contribution in [0.5, 0.6) is 0 Å². The molecule has 0 aromatic carbocycles. The van der Waals surface area contributed by atoms with Gasteiger partial charge in [0.1, 0.15) is 0 Å². The summed E-state index contributed by atoms with van der Waals surface area (Å²) in [5.41, 5.74) is 0.337. The molecule has 0 aromatic heterocycles. The van der Waals surface area contributed by atoms with E-state index in [-0.39, 0.29) is 34.7 Å². The lowest BCUT2D eigenvalue weighted by atomic mass is 9.47. The van der Waals surface area contributed by atoms with Gasteiger partial charge in [0.25, 0.3) is 0 Å². The van der Waals surface area contributed by atoms with E-state index in [4.69, 9.17) is 9.47 Å². The second-order valence-corrected chi connectivity index (χ2v) is 10.8. The van der Waals surface area contributed by atoms with E-state index >= 15 is 0 Å². The highest BCUT2D eigenvalue weighted by Crippen LogP contribution is 2.67. The third-order valence-corrected chi connectivity index (χ3v) is 9.16. The molecule has 0 bridgehead atoms. The van der Waals surface area contributed by atoms with Crippen molar-refractivity contribution in [2.45, 2.75) is 85.4 Å². The second kappa shape index (κ2) is 7.39. The van der Waals surface area contributed by atoms with Crippen molar-refractivity contribution in [1.29, 1.82) is 0 Å². The zero-order chi connectivity index (χ0) is 23.6. The predicted octanol–water partition coefficient (Wildman–Crippen LogP) is 4.12. The first-order valence-electron chi connectivity index (χ1n) is 11.7. The van der Waals surface area contributed by atoms with Gasteiger partial charge >= 0.3 is 11.9 Å². The van der Waals surface area contributed by atoms with Gasteiger partial charge in [-0.1, -0.05) is 25.5 Å². The summed E-state index contributed by atoms with van der Waals surface area (Å²) in [6, 6.07) is 0. The zero-order valence-electron chi connectivity index (χ0n) is 19.9. The van der Waals surface area contributed by atoms with Crippen LogP contribution < -0.4 is 0 Å². The Labute approximate surface area is 189 Å². The molecule has 174 valence electrons. The maximum Gasteiger partial charge on any atom is 0.303 e. The van der Waals surface area contributed by atoms with Crippen molar-refractivity contribution < 1.29 is 28.7 Å². The Hall–Kier alpha value is -2.24. The van der Waals surface area contributed by atoms with E-state index in [1.807, 2.05) is 6.92 Å². The largest absolute Gasteiger partial charge is 0.454 e. The normalized spacial score (nSPS) is 42.6. The van der Waals surface area contributed by atoms with Crippen molar-refractivity contribution in [1.82, 2.24) is 0 Å².